The predicted molar refractivity (Wildman–Crippen MR) is 155 cm³/mol. The number of aliphatic hydroxyl groups excluding tert-OH is 2. The number of rotatable bonds is 16. The highest BCUT2D eigenvalue weighted by Crippen LogP contribution is 2.29. The van der Waals surface area contributed by atoms with Crippen LogP contribution in [0.4, 0.5) is 5.69 Å². The molecule has 0 aliphatic heterocycles. The molecule has 4 N–H and O–H groups in total. The maximum atomic E-state index is 13.3. The van der Waals surface area contributed by atoms with E-state index < -0.39 is 0 Å². The van der Waals surface area contributed by atoms with Crippen molar-refractivity contribution in [2.45, 2.75) is 39.7 Å². The predicted octanol–water partition coefficient (Wildman–Crippen LogP) is 3.76. The van der Waals surface area contributed by atoms with Gasteiger partial charge in [0.15, 0.2) is 0 Å². The Morgan fingerprint density at radius 1 is 1.10 bits per heavy atom. The van der Waals surface area contributed by atoms with Crippen LogP contribution in [-0.2, 0) is 7.05 Å². The highest BCUT2D eigenvalue weighted by molar-refractivity contribution is 5.96. The van der Waals surface area contributed by atoms with Crippen LogP contribution in [0.2, 0.25) is 0 Å². The number of carbonyl (C=O) groups excluding carboxylic acids is 1. The van der Waals surface area contributed by atoms with Gasteiger partial charge in [-0.2, -0.15) is 5.10 Å². The van der Waals surface area contributed by atoms with Gasteiger partial charge in [0.1, 0.15) is 12.4 Å². The fourth-order valence-corrected chi connectivity index (χ4v) is 4.41. The molecule has 0 aliphatic rings. The van der Waals surface area contributed by atoms with E-state index in [2.05, 4.69) is 27.6 Å². The lowest BCUT2D eigenvalue weighted by molar-refractivity contribution is 0.0939. The number of nitrogens with zero attached hydrogens (tertiary/aromatic N) is 3. The summed E-state index contributed by atoms with van der Waals surface area (Å²) in [7, 11) is 1.86. The van der Waals surface area contributed by atoms with Crippen LogP contribution >= 0.6 is 0 Å². The van der Waals surface area contributed by atoms with Crippen LogP contribution < -0.4 is 15.4 Å². The first-order valence-corrected chi connectivity index (χ1v) is 13.7. The van der Waals surface area contributed by atoms with E-state index in [0.717, 1.165) is 60.4 Å². The van der Waals surface area contributed by atoms with Gasteiger partial charge in [0, 0.05) is 49.7 Å². The number of aryl methyl sites for hydroxylation is 2. The number of hydrogen-bond donors (Lipinski definition) is 4. The SMILES string of the molecule is CCCCN(CCO)CCNc1ccc(C)c(C(=O)NC(C)c2cc(OCCO)cc(-c3cnn(C)c3)c2)c1. The van der Waals surface area contributed by atoms with Crippen molar-refractivity contribution in [2.75, 3.05) is 51.3 Å². The van der Waals surface area contributed by atoms with Crippen LogP contribution in [0, 0.1) is 6.92 Å². The summed E-state index contributed by atoms with van der Waals surface area (Å²) in [6, 6.07) is 11.4. The summed E-state index contributed by atoms with van der Waals surface area (Å²) in [4.78, 5) is 15.6. The van der Waals surface area contributed by atoms with E-state index >= 15 is 0 Å². The smallest absolute Gasteiger partial charge is 0.252 e. The molecule has 0 saturated heterocycles. The van der Waals surface area contributed by atoms with Crippen LogP contribution in [-0.4, -0.2) is 76.8 Å². The Balaban J connectivity index is 1.71. The van der Waals surface area contributed by atoms with Crippen molar-refractivity contribution >= 4 is 11.6 Å². The van der Waals surface area contributed by atoms with Crippen LogP contribution in [0.3, 0.4) is 0 Å². The second kappa shape index (κ2) is 15.3. The van der Waals surface area contributed by atoms with Crippen molar-refractivity contribution in [3.63, 3.8) is 0 Å². The van der Waals surface area contributed by atoms with E-state index in [1.807, 2.05) is 63.5 Å². The Hall–Kier alpha value is -3.40. The third kappa shape index (κ3) is 9.09. The zero-order valence-corrected chi connectivity index (χ0v) is 23.6. The molecule has 0 radical (unpaired) electrons. The van der Waals surface area contributed by atoms with Gasteiger partial charge in [0.25, 0.3) is 5.91 Å². The van der Waals surface area contributed by atoms with Gasteiger partial charge in [-0.25, -0.2) is 0 Å². The molecule has 1 atom stereocenters. The number of anilines is 1. The van der Waals surface area contributed by atoms with Crippen molar-refractivity contribution in [1.82, 2.24) is 20.0 Å². The average molecular weight is 538 g/mol. The number of aromatic nitrogens is 2. The minimum absolute atomic E-state index is 0.0827. The maximum absolute atomic E-state index is 13.3. The normalized spacial score (nSPS) is 12.0. The molecule has 3 aromatic rings. The summed E-state index contributed by atoms with van der Waals surface area (Å²) in [5, 5.41) is 29.4. The zero-order chi connectivity index (χ0) is 28.2. The number of carbonyl (C=O) groups is 1. The van der Waals surface area contributed by atoms with Crippen molar-refractivity contribution in [1.29, 1.82) is 0 Å². The second-order valence-electron chi connectivity index (χ2n) is 9.84. The van der Waals surface area contributed by atoms with E-state index in [-0.39, 0.29) is 31.8 Å². The second-order valence-corrected chi connectivity index (χ2v) is 9.84. The van der Waals surface area contributed by atoms with Gasteiger partial charge in [-0.15, -0.1) is 0 Å². The lowest BCUT2D eigenvalue weighted by Gasteiger charge is -2.21. The summed E-state index contributed by atoms with van der Waals surface area (Å²) in [5.41, 5.74) is 5.15. The number of hydrogen-bond acceptors (Lipinski definition) is 7. The molecule has 9 heteroatoms. The number of amides is 1. The molecule has 0 bridgehead atoms. The lowest BCUT2D eigenvalue weighted by Crippen LogP contribution is -2.32. The average Bonchev–Trinajstić information content (AvgIpc) is 3.37. The Morgan fingerprint density at radius 2 is 1.92 bits per heavy atom. The molecule has 1 amide bonds. The number of nitrogens with one attached hydrogen (secondary N) is 2. The minimum Gasteiger partial charge on any atom is -0.491 e. The Bertz CT molecular complexity index is 1200. The molecule has 212 valence electrons. The molecule has 2 aromatic carbocycles. The molecule has 3 rings (SSSR count). The first-order valence-electron chi connectivity index (χ1n) is 13.7. The molecule has 0 spiro atoms. The van der Waals surface area contributed by atoms with Crippen LogP contribution in [0.5, 0.6) is 5.75 Å². The van der Waals surface area contributed by atoms with Gasteiger partial charge in [-0.3, -0.25) is 14.4 Å². The molecule has 9 nitrogen and oxygen atoms in total. The molecule has 0 aliphatic carbocycles. The van der Waals surface area contributed by atoms with Crippen LogP contribution in [0.15, 0.2) is 48.8 Å². The molecule has 0 fully saturated rings. The van der Waals surface area contributed by atoms with Gasteiger partial charge in [0.2, 0.25) is 0 Å². The minimum atomic E-state index is -0.285. The number of aliphatic hydroxyl groups is 2. The van der Waals surface area contributed by atoms with Crippen LogP contribution in [0.25, 0.3) is 11.1 Å². The van der Waals surface area contributed by atoms with Crippen molar-refractivity contribution in [3.05, 3.63) is 65.5 Å². The highest BCUT2D eigenvalue weighted by atomic mass is 16.5. The fraction of sp³-hybridized carbons (Fsp3) is 0.467. The molecular formula is C30H43N5O4. The Labute approximate surface area is 231 Å². The number of benzene rings is 2. The van der Waals surface area contributed by atoms with E-state index in [9.17, 15) is 15.0 Å². The first kappa shape index (κ1) is 30.1. The van der Waals surface area contributed by atoms with Gasteiger partial charge in [-0.05, 0) is 73.8 Å². The van der Waals surface area contributed by atoms with E-state index in [0.29, 0.717) is 17.9 Å². The first-order chi connectivity index (χ1) is 18.8. The van der Waals surface area contributed by atoms with Crippen molar-refractivity contribution < 1.29 is 19.7 Å². The monoisotopic (exact) mass is 537 g/mol. The van der Waals surface area contributed by atoms with E-state index in [1.165, 1.54) is 0 Å². The fourth-order valence-electron chi connectivity index (χ4n) is 4.41. The molecular weight excluding hydrogens is 494 g/mol. The Morgan fingerprint density at radius 3 is 2.62 bits per heavy atom. The third-order valence-corrected chi connectivity index (χ3v) is 6.66. The molecule has 1 aromatic heterocycles. The highest BCUT2D eigenvalue weighted by Gasteiger charge is 2.17. The third-order valence-electron chi connectivity index (χ3n) is 6.66. The number of unbranched alkanes of at least 4 members (excludes halogenated alkanes) is 1. The number of ether oxygens (including phenoxy) is 1. The maximum Gasteiger partial charge on any atom is 0.252 e. The standard InChI is InChI=1S/C30H43N5O4/c1-5-6-10-35(12-13-36)11-9-31-27-8-7-22(2)29(19-27)30(38)33-23(3)24-16-25(26-20-32-34(4)21-26)18-28(17-24)39-15-14-37/h7-8,16-21,23,31,36-37H,5-6,9-15H2,1-4H3,(H,33,38). The van der Waals surface area contributed by atoms with Crippen molar-refractivity contribution in [2.24, 2.45) is 7.05 Å². The van der Waals surface area contributed by atoms with Crippen molar-refractivity contribution in [3.8, 4) is 16.9 Å². The molecule has 1 heterocycles. The molecule has 0 saturated carbocycles. The quantitative estimate of drug-likeness (QED) is 0.220. The molecule has 1 unspecified atom stereocenters. The lowest BCUT2D eigenvalue weighted by atomic mass is 10.0. The summed E-state index contributed by atoms with van der Waals surface area (Å²) >= 11 is 0. The summed E-state index contributed by atoms with van der Waals surface area (Å²) in [5.74, 6) is 0.469. The Kier molecular flexibility index (Phi) is 11.8. The van der Waals surface area contributed by atoms with E-state index in [1.54, 1.807) is 10.9 Å². The van der Waals surface area contributed by atoms with Gasteiger partial charge < -0.3 is 25.6 Å². The van der Waals surface area contributed by atoms with Gasteiger partial charge in [0.05, 0.1) is 25.5 Å². The van der Waals surface area contributed by atoms with E-state index in [4.69, 9.17) is 4.74 Å². The van der Waals surface area contributed by atoms with Crippen LogP contribution in [0.1, 0.15) is 54.2 Å². The summed E-state index contributed by atoms with van der Waals surface area (Å²) in [6.45, 7) is 9.46. The zero-order valence-electron chi connectivity index (χ0n) is 23.6. The summed E-state index contributed by atoms with van der Waals surface area (Å²) < 4.78 is 7.45. The van der Waals surface area contributed by atoms with Gasteiger partial charge in [-0.1, -0.05) is 19.4 Å². The van der Waals surface area contributed by atoms with Gasteiger partial charge >= 0.3 is 0 Å². The molecule has 39 heavy (non-hydrogen) atoms. The largest absolute Gasteiger partial charge is 0.491 e. The topological polar surface area (TPSA) is 112 Å². The summed E-state index contributed by atoms with van der Waals surface area (Å²) in [6.07, 6.45) is 5.93.